The van der Waals surface area contributed by atoms with Crippen molar-refractivity contribution in [3.8, 4) is 0 Å². The third-order valence-corrected chi connectivity index (χ3v) is 8.61. The van der Waals surface area contributed by atoms with E-state index in [-0.39, 0.29) is 31.0 Å². The Morgan fingerprint density at radius 1 is 1.20 bits per heavy atom. The van der Waals surface area contributed by atoms with E-state index in [2.05, 4.69) is 32.4 Å². The minimum absolute atomic E-state index is 0.162. The van der Waals surface area contributed by atoms with Crippen molar-refractivity contribution in [2.75, 3.05) is 40.5 Å². The van der Waals surface area contributed by atoms with Gasteiger partial charge in [-0.2, -0.15) is 0 Å². The van der Waals surface area contributed by atoms with Crippen molar-refractivity contribution in [2.45, 2.75) is 48.2 Å². The third kappa shape index (κ3) is 6.24. The number of nitrogen functional groups attached to an aromatic ring is 1. The van der Waals surface area contributed by atoms with Gasteiger partial charge in [0.1, 0.15) is 16.7 Å². The molecule has 3 aromatic rings. The van der Waals surface area contributed by atoms with E-state index in [1.165, 1.54) is 22.7 Å². The van der Waals surface area contributed by atoms with Crippen LogP contribution in [0, 0.1) is 5.82 Å². The van der Waals surface area contributed by atoms with Crippen LogP contribution in [0.1, 0.15) is 31.7 Å². The number of nitrogens with one attached hydrogen (secondary N) is 2. The van der Waals surface area contributed by atoms with Gasteiger partial charge in [0.25, 0.3) is 0 Å². The molecule has 2 aliphatic rings. The van der Waals surface area contributed by atoms with Gasteiger partial charge in [0, 0.05) is 54.3 Å². The van der Waals surface area contributed by atoms with Crippen LogP contribution in [0.15, 0.2) is 52.5 Å². The molecule has 3 heterocycles. The highest BCUT2D eigenvalue weighted by molar-refractivity contribution is 7.99. The average Bonchev–Trinajstić information content (AvgIpc) is 2.91. The van der Waals surface area contributed by atoms with E-state index >= 15 is 0 Å². The Hall–Kier alpha value is -3.61. The lowest BCUT2D eigenvalue weighted by Gasteiger charge is -2.37. The highest BCUT2D eigenvalue weighted by atomic mass is 35.5. The van der Waals surface area contributed by atoms with Crippen LogP contribution in [-0.4, -0.2) is 47.1 Å². The number of hydrogen-bond acceptors (Lipinski definition) is 9. The number of urea groups is 1. The summed E-state index contributed by atoms with van der Waals surface area (Å²) in [5.74, 6) is 0.210. The number of amides is 3. The molecule has 210 valence electrons. The zero-order valence-corrected chi connectivity index (χ0v) is 23.5. The maximum atomic E-state index is 14.9. The van der Waals surface area contributed by atoms with Crippen molar-refractivity contribution < 1.29 is 14.0 Å². The van der Waals surface area contributed by atoms with Gasteiger partial charge in [-0.3, -0.25) is 15.0 Å². The quantitative estimate of drug-likeness (QED) is 0.318. The first-order chi connectivity index (χ1) is 19.1. The minimum atomic E-state index is -0.562. The van der Waals surface area contributed by atoms with E-state index in [4.69, 9.17) is 23.1 Å². The van der Waals surface area contributed by atoms with E-state index in [9.17, 15) is 14.0 Å². The van der Waals surface area contributed by atoms with Gasteiger partial charge in [-0.1, -0.05) is 35.5 Å². The first-order valence-electron chi connectivity index (χ1n) is 12.9. The number of aromatic nitrogens is 2. The van der Waals surface area contributed by atoms with Crippen molar-refractivity contribution in [3.05, 3.63) is 59.0 Å². The van der Waals surface area contributed by atoms with Crippen LogP contribution in [0.2, 0.25) is 5.02 Å². The number of anilines is 4. The van der Waals surface area contributed by atoms with Crippen LogP contribution in [0.25, 0.3) is 0 Å². The zero-order valence-electron chi connectivity index (χ0n) is 21.9. The fourth-order valence-corrected chi connectivity index (χ4v) is 5.66. The molecule has 13 heteroatoms. The normalized spacial score (nSPS) is 17.1. The van der Waals surface area contributed by atoms with E-state index in [0.717, 1.165) is 36.6 Å². The summed E-state index contributed by atoms with van der Waals surface area (Å²) in [6.45, 7) is 4.02. The molecular formula is C27H30ClFN8O2S. The maximum absolute atomic E-state index is 14.9. The fraction of sp³-hybridized carbons (Fsp3) is 0.333. The monoisotopic (exact) mass is 584 g/mol. The molecule has 2 aromatic carbocycles. The van der Waals surface area contributed by atoms with E-state index < -0.39 is 11.8 Å². The lowest BCUT2D eigenvalue weighted by molar-refractivity contribution is -0.120. The van der Waals surface area contributed by atoms with Gasteiger partial charge < -0.3 is 21.7 Å². The van der Waals surface area contributed by atoms with Gasteiger partial charge in [0.05, 0.1) is 16.9 Å². The standard InChI is InChI=1S/C27H30ClFN8O2S/c1-27(31)8-11-36(12-9-27)21-15-33-25(24(30)34-21)40-20-4-2-3-19(23(20)28)32-14-16-5-6-17(13-18(16)29)37-10-7-22(38)35-26(37)39/h2-6,13,15,32H,7-12,14,31H2,1H3,(H2,30,34)(H,35,38,39). The number of imide groups is 1. The molecule has 6 N–H and O–H groups in total. The van der Waals surface area contributed by atoms with Crippen LogP contribution < -0.4 is 31.9 Å². The van der Waals surface area contributed by atoms with Crippen molar-refractivity contribution in [1.82, 2.24) is 15.3 Å². The number of benzene rings is 2. The molecule has 2 aliphatic heterocycles. The van der Waals surface area contributed by atoms with E-state index in [1.54, 1.807) is 24.4 Å². The summed E-state index contributed by atoms with van der Waals surface area (Å²) in [6, 6.07) is 9.45. The molecule has 0 saturated carbocycles. The Bertz CT molecular complexity index is 1450. The second-order valence-electron chi connectivity index (χ2n) is 10.2. The molecule has 0 spiro atoms. The van der Waals surface area contributed by atoms with Crippen LogP contribution in [-0.2, 0) is 11.3 Å². The minimum Gasteiger partial charge on any atom is -0.381 e. The summed E-state index contributed by atoms with van der Waals surface area (Å²) in [4.78, 5) is 36.7. The highest BCUT2D eigenvalue weighted by Gasteiger charge is 2.27. The number of halogens is 2. The number of nitrogens with zero attached hydrogens (tertiary/aromatic N) is 4. The van der Waals surface area contributed by atoms with Gasteiger partial charge in [-0.25, -0.2) is 19.2 Å². The van der Waals surface area contributed by atoms with Crippen molar-refractivity contribution in [1.29, 1.82) is 0 Å². The Balaban J connectivity index is 1.24. The first-order valence-corrected chi connectivity index (χ1v) is 14.1. The summed E-state index contributed by atoms with van der Waals surface area (Å²) in [5, 5.41) is 6.39. The van der Waals surface area contributed by atoms with Crippen LogP contribution >= 0.6 is 23.4 Å². The summed E-state index contributed by atoms with van der Waals surface area (Å²) < 4.78 is 14.9. The smallest absolute Gasteiger partial charge is 0.328 e. The van der Waals surface area contributed by atoms with Crippen LogP contribution in [0.3, 0.4) is 0 Å². The second kappa shape index (κ2) is 11.5. The van der Waals surface area contributed by atoms with Gasteiger partial charge in [-0.15, -0.1) is 0 Å². The predicted octanol–water partition coefficient (Wildman–Crippen LogP) is 4.38. The lowest BCUT2D eigenvalue weighted by Crippen LogP contribution is -2.49. The Labute approximate surface area is 240 Å². The van der Waals surface area contributed by atoms with Crippen molar-refractivity contribution in [3.63, 3.8) is 0 Å². The Morgan fingerprint density at radius 2 is 1.98 bits per heavy atom. The SMILES string of the molecule is CC1(N)CCN(c2cnc(Sc3cccc(NCc4ccc(N5CCC(=O)NC5=O)cc4F)c3Cl)c(N)n2)CC1. The molecule has 40 heavy (non-hydrogen) atoms. The number of piperidine rings is 1. The van der Waals surface area contributed by atoms with E-state index in [0.29, 0.717) is 32.8 Å². The topological polar surface area (TPSA) is 142 Å². The number of hydrogen-bond donors (Lipinski definition) is 4. The predicted molar refractivity (Wildman–Crippen MR) is 155 cm³/mol. The summed E-state index contributed by atoms with van der Waals surface area (Å²) in [5.41, 5.74) is 13.7. The van der Waals surface area contributed by atoms with Gasteiger partial charge in [0.15, 0.2) is 5.82 Å². The molecule has 0 aliphatic carbocycles. The highest BCUT2D eigenvalue weighted by Crippen LogP contribution is 2.39. The van der Waals surface area contributed by atoms with Crippen molar-refractivity contribution >= 4 is 58.3 Å². The fourth-order valence-electron chi connectivity index (χ4n) is 4.54. The molecule has 1 aromatic heterocycles. The third-order valence-electron chi connectivity index (χ3n) is 7.02. The molecule has 5 rings (SSSR count). The summed E-state index contributed by atoms with van der Waals surface area (Å²) in [6.07, 6.45) is 3.61. The van der Waals surface area contributed by atoms with Gasteiger partial charge >= 0.3 is 6.03 Å². The molecular weight excluding hydrogens is 555 g/mol. The molecule has 0 atom stereocenters. The Morgan fingerprint density at radius 3 is 2.67 bits per heavy atom. The van der Waals surface area contributed by atoms with Crippen molar-refractivity contribution in [2.24, 2.45) is 5.73 Å². The molecule has 2 fully saturated rings. The number of nitrogens with two attached hydrogens (primary N) is 2. The lowest BCUT2D eigenvalue weighted by atomic mass is 9.91. The Kier molecular flexibility index (Phi) is 8.02. The second-order valence-corrected chi connectivity index (χ2v) is 11.6. The number of rotatable bonds is 7. The molecule has 10 nitrogen and oxygen atoms in total. The van der Waals surface area contributed by atoms with Crippen LogP contribution in [0.4, 0.5) is 32.2 Å². The molecule has 0 radical (unpaired) electrons. The van der Waals surface area contributed by atoms with Gasteiger partial charge in [-0.05, 0) is 44.0 Å². The average molecular weight is 585 g/mol. The first kappa shape index (κ1) is 27.9. The van der Waals surface area contributed by atoms with E-state index in [1.807, 2.05) is 12.1 Å². The summed E-state index contributed by atoms with van der Waals surface area (Å²) >= 11 is 7.99. The largest absolute Gasteiger partial charge is 0.381 e. The summed E-state index contributed by atoms with van der Waals surface area (Å²) in [7, 11) is 0. The zero-order chi connectivity index (χ0) is 28.4. The maximum Gasteiger partial charge on any atom is 0.328 e. The number of carbonyl (C=O) groups is 2. The number of carbonyl (C=O) groups excluding carboxylic acids is 2. The molecule has 2 saturated heterocycles. The molecule has 3 amide bonds. The molecule has 0 unspecified atom stereocenters. The van der Waals surface area contributed by atoms with Gasteiger partial charge in [0.2, 0.25) is 5.91 Å². The van der Waals surface area contributed by atoms with Crippen LogP contribution in [0.5, 0.6) is 0 Å². The molecule has 0 bridgehead atoms.